The maximum atomic E-state index is 14.5. The van der Waals surface area contributed by atoms with Gasteiger partial charge in [0.1, 0.15) is 17.9 Å². The van der Waals surface area contributed by atoms with Gasteiger partial charge in [0.15, 0.2) is 0 Å². The first-order valence-corrected chi connectivity index (χ1v) is 17.1. The van der Waals surface area contributed by atoms with Crippen molar-refractivity contribution in [2.75, 3.05) is 19.9 Å². The molecule has 0 radical (unpaired) electrons. The van der Waals surface area contributed by atoms with E-state index in [9.17, 15) is 9.18 Å². The smallest absolute Gasteiger partial charge is 0.150 e. The fourth-order valence-corrected chi connectivity index (χ4v) is 4.82. The number of carbonyl (C=O) groups is 1. The van der Waals surface area contributed by atoms with E-state index in [0.29, 0.717) is 29.8 Å². The monoisotopic (exact) mass is 596 g/mol. The van der Waals surface area contributed by atoms with E-state index >= 15 is 0 Å². The fourth-order valence-electron chi connectivity index (χ4n) is 4.29. The third-order valence-electron chi connectivity index (χ3n) is 6.73. The summed E-state index contributed by atoms with van der Waals surface area (Å²) < 4.78 is 19.6. The van der Waals surface area contributed by atoms with E-state index in [-0.39, 0.29) is 5.82 Å². The highest BCUT2D eigenvalue weighted by Crippen LogP contribution is 2.31. The lowest BCUT2D eigenvalue weighted by Gasteiger charge is -2.31. The standard InChI is InChI=1S/C21H27FN2O.C10H15OP.C3H6.C2H6/c1-13(2)24(14(3)4)11-17-9-18(12-25)15(5)7-19(17)20-8-16(6)23-10-21(20)22;1-11-10-5-3-4-9(8-10)6-7-12-2;1-2-3-1;1-2/h7-10,12-14H,11H2,1-6H3;3-5,8,12H,6-7H2,1-2H3;1-3H2;1-2H3. The van der Waals surface area contributed by atoms with E-state index in [1.54, 1.807) is 13.2 Å². The molecule has 0 amide bonds. The molecule has 4 rings (SSSR count). The van der Waals surface area contributed by atoms with Crippen LogP contribution >= 0.6 is 8.58 Å². The first-order chi connectivity index (χ1) is 20.1. The van der Waals surface area contributed by atoms with Crippen molar-refractivity contribution in [3.63, 3.8) is 0 Å². The summed E-state index contributed by atoms with van der Waals surface area (Å²) in [6.45, 7) is 19.2. The summed E-state index contributed by atoms with van der Waals surface area (Å²) in [5.41, 5.74) is 5.97. The van der Waals surface area contributed by atoms with Crippen molar-refractivity contribution in [2.24, 2.45) is 0 Å². The molecule has 0 aliphatic heterocycles. The van der Waals surface area contributed by atoms with Crippen LogP contribution in [0.3, 0.4) is 0 Å². The number of halogens is 1. The van der Waals surface area contributed by atoms with Gasteiger partial charge in [-0.2, -0.15) is 0 Å². The lowest BCUT2D eigenvalue weighted by Crippen LogP contribution is -2.36. The van der Waals surface area contributed by atoms with Crippen molar-refractivity contribution >= 4 is 14.9 Å². The molecule has 0 spiro atoms. The van der Waals surface area contributed by atoms with Crippen molar-refractivity contribution in [1.29, 1.82) is 0 Å². The van der Waals surface area contributed by atoms with Crippen molar-refractivity contribution in [3.05, 3.63) is 82.4 Å². The van der Waals surface area contributed by atoms with Gasteiger partial charge in [-0.05, 0) is 107 Å². The molecule has 1 heterocycles. The molecule has 1 aliphatic carbocycles. The number of aldehydes is 1. The summed E-state index contributed by atoms with van der Waals surface area (Å²) in [5.74, 6) is 0.623. The number of hydrogen-bond donors (Lipinski definition) is 0. The molecule has 42 heavy (non-hydrogen) atoms. The predicted octanol–water partition coefficient (Wildman–Crippen LogP) is 9.68. The molecule has 3 aromatic rings. The van der Waals surface area contributed by atoms with Gasteiger partial charge in [0.2, 0.25) is 0 Å². The lowest BCUT2D eigenvalue weighted by molar-refractivity contribution is 0.112. The molecule has 1 unspecified atom stereocenters. The SMILES string of the molecule is C1CC1.CC.COc1cccc(CCPC)c1.Cc1cc(-c2cc(C)c(C=O)cc2CN(C(C)C)C(C)C)c(F)cn1. The maximum Gasteiger partial charge on any atom is 0.150 e. The van der Waals surface area contributed by atoms with Gasteiger partial charge in [0.25, 0.3) is 0 Å². The van der Waals surface area contributed by atoms with Crippen molar-refractivity contribution in [2.45, 2.75) is 99.7 Å². The van der Waals surface area contributed by atoms with Crippen LogP contribution in [-0.4, -0.2) is 48.2 Å². The molecule has 1 fully saturated rings. The molecule has 1 saturated carbocycles. The number of methoxy groups -OCH3 is 1. The Morgan fingerprint density at radius 3 is 2.17 bits per heavy atom. The number of rotatable bonds is 10. The molecule has 1 atom stereocenters. The summed E-state index contributed by atoms with van der Waals surface area (Å²) in [7, 11) is 2.75. The van der Waals surface area contributed by atoms with Gasteiger partial charge in [-0.1, -0.05) is 51.3 Å². The fraction of sp³-hybridized carbons (Fsp3) is 0.500. The van der Waals surface area contributed by atoms with Crippen molar-refractivity contribution in [1.82, 2.24) is 9.88 Å². The molecular weight excluding hydrogens is 542 g/mol. The van der Waals surface area contributed by atoms with Gasteiger partial charge in [0.05, 0.1) is 13.3 Å². The Labute approximate surface area is 257 Å². The number of nitrogens with zero attached hydrogens (tertiary/aromatic N) is 2. The number of carbonyl (C=O) groups excluding carboxylic acids is 1. The van der Waals surface area contributed by atoms with Crippen LogP contribution in [-0.2, 0) is 13.0 Å². The van der Waals surface area contributed by atoms with Gasteiger partial charge in [0, 0.05) is 35.4 Å². The van der Waals surface area contributed by atoms with Gasteiger partial charge in [-0.25, -0.2) is 4.39 Å². The van der Waals surface area contributed by atoms with Crippen molar-refractivity contribution in [3.8, 4) is 16.9 Å². The average molecular weight is 597 g/mol. The second-order valence-corrected chi connectivity index (χ2v) is 12.1. The molecule has 2 aromatic carbocycles. The number of benzene rings is 2. The van der Waals surface area contributed by atoms with Gasteiger partial charge in [-0.15, -0.1) is 8.58 Å². The van der Waals surface area contributed by atoms with E-state index in [2.05, 4.69) is 56.4 Å². The first-order valence-electron chi connectivity index (χ1n) is 15.4. The molecule has 232 valence electrons. The van der Waals surface area contributed by atoms with E-state index < -0.39 is 0 Å². The Bertz CT molecular complexity index is 1200. The van der Waals surface area contributed by atoms with Crippen LogP contribution in [0.5, 0.6) is 5.75 Å². The van der Waals surface area contributed by atoms with Crippen LogP contribution in [0.2, 0.25) is 0 Å². The van der Waals surface area contributed by atoms with Crippen LogP contribution in [0.1, 0.15) is 93.5 Å². The summed E-state index contributed by atoms with van der Waals surface area (Å²) in [5, 5.41) is 0. The first kappa shape index (κ1) is 37.4. The minimum atomic E-state index is -0.342. The third kappa shape index (κ3) is 13.1. The largest absolute Gasteiger partial charge is 0.497 e. The minimum absolute atomic E-state index is 0.342. The van der Waals surface area contributed by atoms with Crippen LogP contribution in [0, 0.1) is 19.7 Å². The summed E-state index contributed by atoms with van der Waals surface area (Å²) >= 11 is 0. The third-order valence-corrected chi connectivity index (χ3v) is 7.48. The second-order valence-electron chi connectivity index (χ2n) is 10.9. The number of ether oxygens (including phenoxy) is 1. The van der Waals surface area contributed by atoms with E-state index in [1.165, 1.54) is 43.6 Å². The molecule has 0 bridgehead atoms. The zero-order valence-electron chi connectivity index (χ0n) is 27.7. The van der Waals surface area contributed by atoms with E-state index in [1.807, 2.05) is 52.0 Å². The van der Waals surface area contributed by atoms with E-state index in [4.69, 9.17) is 4.74 Å². The molecule has 0 saturated heterocycles. The Hall–Kier alpha value is -2.62. The van der Waals surface area contributed by atoms with E-state index in [0.717, 1.165) is 43.0 Å². The highest BCUT2D eigenvalue weighted by Gasteiger charge is 2.19. The Morgan fingerprint density at radius 2 is 1.64 bits per heavy atom. The van der Waals surface area contributed by atoms with Crippen LogP contribution in [0.4, 0.5) is 4.39 Å². The molecule has 1 aliphatic rings. The van der Waals surface area contributed by atoms with Gasteiger partial charge < -0.3 is 4.74 Å². The molecule has 4 nitrogen and oxygen atoms in total. The Balaban J connectivity index is 0.000000427. The number of aryl methyl sites for hydroxylation is 3. The summed E-state index contributed by atoms with van der Waals surface area (Å²) in [4.78, 5) is 17.8. The average Bonchev–Trinajstić information content (AvgIpc) is 3.87. The van der Waals surface area contributed by atoms with Gasteiger partial charge >= 0.3 is 0 Å². The topological polar surface area (TPSA) is 42.4 Å². The highest BCUT2D eigenvalue weighted by atomic mass is 31.1. The molecule has 0 N–H and O–H groups in total. The number of aromatic nitrogens is 1. The van der Waals surface area contributed by atoms with Gasteiger partial charge in [-0.3, -0.25) is 14.7 Å². The molecule has 1 aromatic heterocycles. The quantitative estimate of drug-likeness (QED) is 0.173. The predicted molar refractivity (Wildman–Crippen MR) is 181 cm³/mol. The minimum Gasteiger partial charge on any atom is -0.497 e. The normalized spacial score (nSPS) is 11.9. The lowest BCUT2D eigenvalue weighted by atomic mass is 9.93. The summed E-state index contributed by atoms with van der Waals surface area (Å²) in [6.07, 6.45) is 9.09. The number of pyridine rings is 1. The van der Waals surface area contributed by atoms with Crippen molar-refractivity contribution < 1.29 is 13.9 Å². The second kappa shape index (κ2) is 20.3. The maximum absolute atomic E-state index is 14.5. The Kier molecular flexibility index (Phi) is 18.1. The zero-order valence-corrected chi connectivity index (χ0v) is 28.7. The zero-order chi connectivity index (χ0) is 31.7. The van der Waals surface area contributed by atoms with Crippen LogP contribution < -0.4 is 4.74 Å². The number of hydrogen-bond acceptors (Lipinski definition) is 4. The highest BCUT2D eigenvalue weighted by molar-refractivity contribution is 7.36. The summed E-state index contributed by atoms with van der Waals surface area (Å²) in [6, 6.07) is 14.6. The molecule has 6 heteroatoms. The molecular formula is C36H54FN2O2P. The Morgan fingerprint density at radius 1 is 1.00 bits per heavy atom. The van der Waals surface area contributed by atoms with Crippen LogP contribution in [0.15, 0.2) is 48.7 Å². The van der Waals surface area contributed by atoms with Crippen LogP contribution in [0.25, 0.3) is 11.1 Å².